The zero-order chi connectivity index (χ0) is 20.1. The summed E-state index contributed by atoms with van der Waals surface area (Å²) >= 11 is 0. The molecule has 0 radical (unpaired) electrons. The molecule has 1 aromatic rings. The van der Waals surface area contributed by atoms with E-state index < -0.39 is 0 Å². The third kappa shape index (κ3) is 4.88. The predicted molar refractivity (Wildman–Crippen MR) is 105 cm³/mol. The molecule has 3 rings (SSSR count). The maximum absolute atomic E-state index is 12.7. The zero-order valence-corrected chi connectivity index (χ0v) is 17.0. The van der Waals surface area contributed by atoms with Crippen LogP contribution in [0.2, 0.25) is 0 Å². The molecular formula is C21H30N2O5. The highest BCUT2D eigenvalue weighted by atomic mass is 16.5. The lowest BCUT2D eigenvalue weighted by Crippen LogP contribution is -2.45. The van der Waals surface area contributed by atoms with Gasteiger partial charge in [-0.05, 0) is 49.8 Å². The van der Waals surface area contributed by atoms with Crippen molar-refractivity contribution in [1.82, 2.24) is 10.2 Å². The van der Waals surface area contributed by atoms with Gasteiger partial charge in [-0.25, -0.2) is 0 Å². The van der Waals surface area contributed by atoms with Crippen LogP contribution in [0, 0.1) is 5.92 Å². The van der Waals surface area contributed by atoms with Gasteiger partial charge in [0, 0.05) is 25.6 Å². The van der Waals surface area contributed by atoms with Gasteiger partial charge in [-0.2, -0.15) is 0 Å². The summed E-state index contributed by atoms with van der Waals surface area (Å²) in [7, 11) is 4.72. The van der Waals surface area contributed by atoms with E-state index in [2.05, 4.69) is 5.32 Å². The topological polar surface area (TPSA) is 77.1 Å². The van der Waals surface area contributed by atoms with Crippen molar-refractivity contribution in [2.45, 2.75) is 44.6 Å². The molecule has 2 aliphatic rings. The van der Waals surface area contributed by atoms with Crippen molar-refractivity contribution in [3.8, 4) is 17.2 Å². The van der Waals surface area contributed by atoms with Gasteiger partial charge in [0.2, 0.25) is 17.6 Å². The van der Waals surface area contributed by atoms with Crippen LogP contribution in [-0.4, -0.2) is 57.2 Å². The molecule has 1 aromatic carbocycles. The number of methoxy groups -OCH3 is 3. The van der Waals surface area contributed by atoms with E-state index in [1.807, 2.05) is 17.0 Å². The Labute approximate surface area is 166 Å². The van der Waals surface area contributed by atoms with Crippen molar-refractivity contribution in [3.63, 3.8) is 0 Å². The molecule has 1 unspecified atom stereocenters. The molecule has 2 fully saturated rings. The fourth-order valence-electron chi connectivity index (χ4n) is 3.65. The van der Waals surface area contributed by atoms with Crippen molar-refractivity contribution in [2.75, 3.05) is 34.4 Å². The van der Waals surface area contributed by atoms with Crippen LogP contribution in [0.3, 0.4) is 0 Å². The normalized spacial score (nSPS) is 19.1. The Balaban J connectivity index is 1.58. The number of benzene rings is 1. The maximum Gasteiger partial charge on any atom is 0.225 e. The maximum atomic E-state index is 12.7. The number of carbonyl (C=O) groups is 2. The highest BCUT2D eigenvalue weighted by Crippen LogP contribution is 2.38. The van der Waals surface area contributed by atoms with Crippen LogP contribution in [0.25, 0.3) is 0 Å². The Kier molecular flexibility index (Phi) is 6.65. The average molecular weight is 390 g/mol. The summed E-state index contributed by atoms with van der Waals surface area (Å²) in [6.45, 7) is 1.24. The standard InChI is InChI=1S/C21H30N2O5/c1-26-17-11-14(12-18(27-2)20(17)28-3)6-9-19(24)23-10-4-5-15(13-23)21(25)22-16-7-8-16/h11-12,15-16H,4-10,13H2,1-3H3,(H,22,25). The lowest BCUT2D eigenvalue weighted by Gasteiger charge is -2.32. The minimum absolute atomic E-state index is 0.0812. The largest absolute Gasteiger partial charge is 0.493 e. The zero-order valence-electron chi connectivity index (χ0n) is 17.0. The SMILES string of the molecule is COc1cc(CCC(=O)N2CCCC(C(=O)NC3CC3)C2)cc(OC)c1OC. The Bertz CT molecular complexity index is 692. The quantitative estimate of drug-likeness (QED) is 0.736. The third-order valence-electron chi connectivity index (χ3n) is 5.42. The van der Waals surface area contributed by atoms with E-state index in [0.717, 1.165) is 37.8 Å². The first-order valence-corrected chi connectivity index (χ1v) is 9.92. The van der Waals surface area contributed by atoms with Gasteiger partial charge in [0.15, 0.2) is 11.5 Å². The van der Waals surface area contributed by atoms with Gasteiger partial charge in [0.1, 0.15) is 0 Å². The minimum Gasteiger partial charge on any atom is -0.493 e. The van der Waals surface area contributed by atoms with E-state index in [-0.39, 0.29) is 17.7 Å². The Morgan fingerprint density at radius 1 is 1.07 bits per heavy atom. The smallest absolute Gasteiger partial charge is 0.225 e. The molecule has 1 saturated carbocycles. The lowest BCUT2D eigenvalue weighted by atomic mass is 9.96. The first-order valence-electron chi connectivity index (χ1n) is 9.92. The number of aryl methyl sites for hydroxylation is 1. The van der Waals surface area contributed by atoms with Gasteiger partial charge < -0.3 is 24.4 Å². The average Bonchev–Trinajstić information content (AvgIpc) is 3.55. The molecule has 1 N–H and O–H groups in total. The lowest BCUT2D eigenvalue weighted by molar-refractivity contribution is -0.135. The monoisotopic (exact) mass is 390 g/mol. The second-order valence-electron chi connectivity index (χ2n) is 7.50. The molecule has 7 heteroatoms. The van der Waals surface area contributed by atoms with Gasteiger partial charge in [0.25, 0.3) is 0 Å². The van der Waals surface area contributed by atoms with Crippen LogP contribution in [-0.2, 0) is 16.0 Å². The Morgan fingerprint density at radius 3 is 2.32 bits per heavy atom. The first kappa shape index (κ1) is 20.3. The number of hydrogen-bond acceptors (Lipinski definition) is 5. The molecule has 0 aromatic heterocycles. The van der Waals surface area contributed by atoms with Crippen molar-refractivity contribution in [2.24, 2.45) is 5.92 Å². The molecule has 154 valence electrons. The minimum atomic E-state index is -0.0838. The van der Waals surface area contributed by atoms with Gasteiger partial charge in [-0.3, -0.25) is 9.59 Å². The van der Waals surface area contributed by atoms with Crippen LogP contribution >= 0.6 is 0 Å². The molecule has 7 nitrogen and oxygen atoms in total. The second kappa shape index (κ2) is 9.17. The Hall–Kier alpha value is -2.44. The van der Waals surface area contributed by atoms with E-state index >= 15 is 0 Å². The number of nitrogens with zero attached hydrogens (tertiary/aromatic N) is 1. The highest BCUT2D eigenvalue weighted by Gasteiger charge is 2.31. The van der Waals surface area contributed by atoms with Crippen LogP contribution in [0.1, 0.15) is 37.7 Å². The fourth-order valence-corrected chi connectivity index (χ4v) is 3.65. The number of carbonyl (C=O) groups excluding carboxylic acids is 2. The molecule has 1 aliphatic carbocycles. The Morgan fingerprint density at radius 2 is 1.75 bits per heavy atom. The van der Waals surface area contributed by atoms with Crippen LogP contribution < -0.4 is 19.5 Å². The molecule has 0 spiro atoms. The van der Waals surface area contributed by atoms with Gasteiger partial charge >= 0.3 is 0 Å². The van der Waals surface area contributed by atoms with Crippen molar-refractivity contribution in [3.05, 3.63) is 17.7 Å². The van der Waals surface area contributed by atoms with Crippen LogP contribution in [0.15, 0.2) is 12.1 Å². The first-order chi connectivity index (χ1) is 13.5. The molecular weight excluding hydrogens is 360 g/mol. The summed E-state index contributed by atoms with van der Waals surface area (Å²) in [5, 5.41) is 3.06. The number of piperidine rings is 1. The molecule has 2 amide bonds. The molecule has 1 atom stereocenters. The van der Waals surface area contributed by atoms with E-state index in [9.17, 15) is 9.59 Å². The summed E-state index contributed by atoms with van der Waals surface area (Å²) in [5.41, 5.74) is 0.947. The molecule has 0 bridgehead atoms. The highest BCUT2D eigenvalue weighted by molar-refractivity contribution is 5.82. The van der Waals surface area contributed by atoms with E-state index in [1.54, 1.807) is 21.3 Å². The van der Waals surface area contributed by atoms with Gasteiger partial charge in [-0.1, -0.05) is 0 Å². The third-order valence-corrected chi connectivity index (χ3v) is 5.42. The number of nitrogens with one attached hydrogen (secondary N) is 1. The fraction of sp³-hybridized carbons (Fsp3) is 0.619. The molecule has 1 heterocycles. The van der Waals surface area contributed by atoms with E-state index in [4.69, 9.17) is 14.2 Å². The molecule has 1 saturated heterocycles. The summed E-state index contributed by atoms with van der Waals surface area (Å²) < 4.78 is 16.1. The summed E-state index contributed by atoms with van der Waals surface area (Å²) in [6, 6.07) is 4.10. The molecule has 1 aliphatic heterocycles. The summed E-state index contributed by atoms with van der Waals surface area (Å²) in [4.78, 5) is 26.9. The molecule has 28 heavy (non-hydrogen) atoms. The number of likely N-dealkylation sites (tertiary alicyclic amines) is 1. The number of rotatable bonds is 8. The van der Waals surface area contributed by atoms with Gasteiger partial charge in [0.05, 0.1) is 27.2 Å². The van der Waals surface area contributed by atoms with Gasteiger partial charge in [-0.15, -0.1) is 0 Å². The number of amides is 2. The van der Waals surface area contributed by atoms with E-state index in [0.29, 0.717) is 42.7 Å². The van der Waals surface area contributed by atoms with E-state index in [1.165, 1.54) is 0 Å². The predicted octanol–water partition coefficient (Wildman–Crippen LogP) is 2.16. The van der Waals surface area contributed by atoms with Crippen molar-refractivity contribution >= 4 is 11.8 Å². The second-order valence-corrected chi connectivity index (χ2v) is 7.50. The van der Waals surface area contributed by atoms with Crippen molar-refractivity contribution in [1.29, 1.82) is 0 Å². The number of hydrogen-bond donors (Lipinski definition) is 1. The number of ether oxygens (including phenoxy) is 3. The summed E-state index contributed by atoms with van der Waals surface area (Å²) in [6.07, 6.45) is 4.85. The van der Waals surface area contributed by atoms with Crippen LogP contribution in [0.4, 0.5) is 0 Å². The van der Waals surface area contributed by atoms with Crippen LogP contribution in [0.5, 0.6) is 17.2 Å². The van der Waals surface area contributed by atoms with Crippen molar-refractivity contribution < 1.29 is 23.8 Å². The summed E-state index contributed by atoms with van der Waals surface area (Å²) in [5.74, 6) is 1.81.